The van der Waals surface area contributed by atoms with Gasteiger partial charge in [0.15, 0.2) is 0 Å². The van der Waals surface area contributed by atoms with Crippen LogP contribution in [0.5, 0.6) is 0 Å². The summed E-state index contributed by atoms with van der Waals surface area (Å²) in [4.78, 5) is 0.256. The standard InChI is InChI=1S/C12H19N3O3S/c1-15(9-11-3-2-8-18-11)19(16,17)12-6-4-10(14-13)5-7-12/h4-7,11,14H,2-3,8-9,13H2,1H3. The molecule has 0 saturated carbocycles. The number of anilines is 1. The van der Waals surface area contributed by atoms with Crippen molar-refractivity contribution in [3.05, 3.63) is 24.3 Å². The van der Waals surface area contributed by atoms with Gasteiger partial charge in [0.1, 0.15) is 0 Å². The van der Waals surface area contributed by atoms with Gasteiger partial charge in [-0.05, 0) is 37.1 Å². The summed E-state index contributed by atoms with van der Waals surface area (Å²) in [6.45, 7) is 1.11. The number of nitrogens with zero attached hydrogens (tertiary/aromatic N) is 1. The number of ether oxygens (including phenoxy) is 1. The molecule has 1 aliphatic rings. The Labute approximate surface area is 113 Å². The average molecular weight is 285 g/mol. The third-order valence-electron chi connectivity index (χ3n) is 3.21. The number of nitrogens with two attached hydrogens (primary N) is 1. The summed E-state index contributed by atoms with van der Waals surface area (Å²) in [5, 5.41) is 0. The lowest BCUT2D eigenvalue weighted by Crippen LogP contribution is -2.34. The molecule has 1 atom stereocenters. The highest BCUT2D eigenvalue weighted by atomic mass is 32.2. The molecule has 1 fully saturated rings. The van der Waals surface area contributed by atoms with E-state index in [1.54, 1.807) is 19.2 Å². The number of sulfonamides is 1. The zero-order chi connectivity index (χ0) is 13.9. The highest BCUT2D eigenvalue weighted by Crippen LogP contribution is 2.19. The van der Waals surface area contributed by atoms with E-state index in [0.29, 0.717) is 12.2 Å². The average Bonchev–Trinajstić information content (AvgIpc) is 2.91. The van der Waals surface area contributed by atoms with E-state index in [0.717, 1.165) is 19.4 Å². The Balaban J connectivity index is 2.10. The summed E-state index contributed by atoms with van der Waals surface area (Å²) in [5.41, 5.74) is 3.13. The minimum atomic E-state index is -3.47. The maximum absolute atomic E-state index is 12.3. The largest absolute Gasteiger partial charge is 0.377 e. The van der Waals surface area contributed by atoms with Gasteiger partial charge in [0.25, 0.3) is 0 Å². The topological polar surface area (TPSA) is 84.7 Å². The second kappa shape index (κ2) is 5.87. The van der Waals surface area contributed by atoms with Crippen LogP contribution in [-0.4, -0.2) is 39.0 Å². The molecule has 0 aliphatic carbocycles. The van der Waals surface area contributed by atoms with Crippen LogP contribution in [0.4, 0.5) is 5.69 Å². The van der Waals surface area contributed by atoms with Crippen LogP contribution in [-0.2, 0) is 14.8 Å². The summed E-state index contributed by atoms with van der Waals surface area (Å²) in [6, 6.07) is 6.34. The van der Waals surface area contributed by atoms with Gasteiger partial charge in [-0.3, -0.25) is 5.84 Å². The minimum absolute atomic E-state index is 0.00440. The molecule has 0 bridgehead atoms. The molecule has 2 rings (SSSR count). The number of likely N-dealkylation sites (N-methyl/N-ethyl adjacent to an activating group) is 1. The molecular formula is C12H19N3O3S. The Morgan fingerprint density at radius 2 is 2.11 bits per heavy atom. The molecule has 1 heterocycles. The third kappa shape index (κ3) is 3.24. The maximum Gasteiger partial charge on any atom is 0.242 e. The van der Waals surface area contributed by atoms with Crippen molar-refractivity contribution in [3.63, 3.8) is 0 Å². The maximum atomic E-state index is 12.3. The van der Waals surface area contributed by atoms with Crippen molar-refractivity contribution in [2.24, 2.45) is 5.84 Å². The van der Waals surface area contributed by atoms with Gasteiger partial charge < -0.3 is 10.2 Å². The van der Waals surface area contributed by atoms with Gasteiger partial charge >= 0.3 is 0 Å². The van der Waals surface area contributed by atoms with E-state index in [-0.39, 0.29) is 11.0 Å². The molecule has 0 amide bonds. The fourth-order valence-electron chi connectivity index (χ4n) is 2.08. The fourth-order valence-corrected chi connectivity index (χ4v) is 3.28. The van der Waals surface area contributed by atoms with E-state index in [2.05, 4.69) is 5.43 Å². The lowest BCUT2D eigenvalue weighted by atomic mass is 10.2. The Hall–Kier alpha value is -1.15. The smallest absolute Gasteiger partial charge is 0.242 e. The molecule has 1 aliphatic heterocycles. The van der Waals surface area contributed by atoms with Crippen LogP contribution >= 0.6 is 0 Å². The van der Waals surface area contributed by atoms with Crippen molar-refractivity contribution in [1.82, 2.24) is 4.31 Å². The van der Waals surface area contributed by atoms with E-state index in [4.69, 9.17) is 10.6 Å². The van der Waals surface area contributed by atoms with Crippen molar-refractivity contribution >= 4 is 15.7 Å². The molecule has 3 N–H and O–H groups in total. The highest BCUT2D eigenvalue weighted by Gasteiger charge is 2.25. The van der Waals surface area contributed by atoms with E-state index < -0.39 is 10.0 Å². The lowest BCUT2D eigenvalue weighted by Gasteiger charge is -2.20. The molecule has 0 spiro atoms. The fraction of sp³-hybridized carbons (Fsp3) is 0.500. The van der Waals surface area contributed by atoms with Gasteiger partial charge in [-0.25, -0.2) is 8.42 Å². The first-order valence-electron chi connectivity index (χ1n) is 6.18. The van der Waals surface area contributed by atoms with E-state index in [1.807, 2.05) is 0 Å². The number of hydrogen-bond acceptors (Lipinski definition) is 5. The zero-order valence-corrected chi connectivity index (χ0v) is 11.7. The Kier molecular flexibility index (Phi) is 4.41. The van der Waals surface area contributed by atoms with Crippen molar-refractivity contribution < 1.29 is 13.2 Å². The van der Waals surface area contributed by atoms with Gasteiger partial charge in [-0.15, -0.1) is 0 Å². The van der Waals surface area contributed by atoms with E-state index >= 15 is 0 Å². The summed E-state index contributed by atoms with van der Waals surface area (Å²) in [6.07, 6.45) is 1.91. The quantitative estimate of drug-likeness (QED) is 0.616. The Morgan fingerprint density at radius 1 is 1.42 bits per heavy atom. The van der Waals surface area contributed by atoms with Gasteiger partial charge in [-0.2, -0.15) is 4.31 Å². The molecule has 1 aromatic rings. The van der Waals surface area contributed by atoms with Crippen LogP contribution in [0.15, 0.2) is 29.2 Å². The molecule has 7 heteroatoms. The number of rotatable bonds is 5. The first-order valence-corrected chi connectivity index (χ1v) is 7.62. The molecular weight excluding hydrogens is 266 g/mol. The molecule has 0 radical (unpaired) electrons. The van der Waals surface area contributed by atoms with Gasteiger partial charge in [-0.1, -0.05) is 0 Å². The van der Waals surface area contributed by atoms with Crippen LogP contribution in [0.3, 0.4) is 0 Å². The van der Waals surface area contributed by atoms with Crippen molar-refractivity contribution in [3.8, 4) is 0 Å². The first-order chi connectivity index (χ1) is 9.04. The van der Waals surface area contributed by atoms with Crippen LogP contribution in [0.1, 0.15) is 12.8 Å². The SMILES string of the molecule is CN(CC1CCCO1)S(=O)(=O)c1ccc(NN)cc1. The predicted octanol–water partition coefficient (Wildman–Crippen LogP) is 0.772. The Bertz CT molecular complexity index is 510. The van der Waals surface area contributed by atoms with Crippen LogP contribution in [0.2, 0.25) is 0 Å². The second-order valence-corrected chi connectivity index (χ2v) is 6.63. The number of benzene rings is 1. The zero-order valence-electron chi connectivity index (χ0n) is 10.9. The molecule has 6 nitrogen and oxygen atoms in total. The second-order valence-electron chi connectivity index (χ2n) is 4.59. The molecule has 1 saturated heterocycles. The van der Waals surface area contributed by atoms with Crippen LogP contribution in [0, 0.1) is 0 Å². The lowest BCUT2D eigenvalue weighted by molar-refractivity contribution is 0.0979. The van der Waals surface area contributed by atoms with Crippen molar-refractivity contribution in [2.75, 3.05) is 25.6 Å². The summed E-state index contributed by atoms with van der Waals surface area (Å²) < 4.78 is 31.5. The molecule has 106 valence electrons. The summed E-state index contributed by atoms with van der Waals surface area (Å²) >= 11 is 0. The van der Waals surface area contributed by atoms with Crippen LogP contribution in [0.25, 0.3) is 0 Å². The van der Waals surface area contributed by atoms with Crippen LogP contribution < -0.4 is 11.3 Å². The monoisotopic (exact) mass is 285 g/mol. The third-order valence-corrected chi connectivity index (χ3v) is 5.05. The molecule has 0 aromatic heterocycles. The first kappa shape index (κ1) is 14.3. The van der Waals surface area contributed by atoms with Crippen molar-refractivity contribution in [1.29, 1.82) is 0 Å². The number of hydrogen-bond donors (Lipinski definition) is 2. The van der Waals surface area contributed by atoms with E-state index in [9.17, 15) is 8.42 Å². The molecule has 1 unspecified atom stereocenters. The summed E-state index contributed by atoms with van der Waals surface area (Å²) in [7, 11) is -1.89. The number of nitrogens with one attached hydrogen (secondary N) is 1. The number of hydrazine groups is 1. The van der Waals surface area contributed by atoms with Gasteiger partial charge in [0.2, 0.25) is 10.0 Å². The highest BCUT2D eigenvalue weighted by molar-refractivity contribution is 7.89. The summed E-state index contributed by atoms with van der Waals surface area (Å²) in [5.74, 6) is 5.25. The molecule has 1 aromatic carbocycles. The minimum Gasteiger partial charge on any atom is -0.377 e. The van der Waals surface area contributed by atoms with E-state index in [1.165, 1.54) is 16.4 Å². The van der Waals surface area contributed by atoms with Gasteiger partial charge in [0.05, 0.1) is 11.0 Å². The normalized spacial score (nSPS) is 19.8. The Morgan fingerprint density at radius 3 is 2.63 bits per heavy atom. The molecule has 19 heavy (non-hydrogen) atoms. The predicted molar refractivity (Wildman–Crippen MR) is 73.0 cm³/mol. The van der Waals surface area contributed by atoms with Crippen molar-refractivity contribution in [2.45, 2.75) is 23.8 Å². The number of nitrogen functional groups attached to an aromatic ring is 1. The van der Waals surface area contributed by atoms with Gasteiger partial charge in [0, 0.05) is 25.9 Å².